The minimum atomic E-state index is -0.465. The maximum Gasteiger partial charge on any atom is 0.410 e. The van der Waals surface area contributed by atoms with Crippen molar-refractivity contribution in [3.05, 3.63) is 0 Å². The fourth-order valence-corrected chi connectivity index (χ4v) is 2.42. The van der Waals surface area contributed by atoms with Crippen LogP contribution in [-0.2, 0) is 9.47 Å². The summed E-state index contributed by atoms with van der Waals surface area (Å²) >= 11 is 0. The molecule has 1 amide bonds. The van der Waals surface area contributed by atoms with Gasteiger partial charge in [-0.05, 0) is 40.0 Å². The molecule has 1 heterocycles. The molecule has 0 radical (unpaired) electrons. The van der Waals surface area contributed by atoms with Crippen molar-refractivity contribution in [1.82, 2.24) is 4.90 Å². The number of ether oxygens (including phenoxy) is 2. The van der Waals surface area contributed by atoms with Gasteiger partial charge in [0.1, 0.15) is 5.60 Å². The van der Waals surface area contributed by atoms with E-state index in [4.69, 9.17) is 15.9 Å². The highest BCUT2D eigenvalue weighted by molar-refractivity contribution is 5.68. The second-order valence-corrected chi connectivity index (χ2v) is 6.34. The molecule has 0 N–H and O–H groups in total. The van der Waals surface area contributed by atoms with Crippen LogP contribution < -0.4 is 0 Å². The molecule has 1 rings (SSSR count). The number of carbonyl (C=O) groups excluding carboxylic acids is 1. The van der Waals surface area contributed by atoms with Crippen LogP contribution in [0, 0.1) is 12.3 Å². The molecule has 0 aromatic heterocycles. The SMILES string of the molecule is C#CCCOC1(CC)CCCN(C(=O)OC(C)(C)C)C1. The third kappa shape index (κ3) is 5.05. The second-order valence-electron chi connectivity index (χ2n) is 6.34. The van der Waals surface area contributed by atoms with Crippen LogP contribution >= 0.6 is 0 Å². The van der Waals surface area contributed by atoms with Crippen LogP contribution in [0.2, 0.25) is 0 Å². The molecule has 1 aliphatic heterocycles. The lowest BCUT2D eigenvalue weighted by Gasteiger charge is -2.42. The molecule has 0 aromatic carbocycles. The Morgan fingerprint density at radius 1 is 1.45 bits per heavy atom. The lowest BCUT2D eigenvalue weighted by molar-refractivity contribution is -0.0914. The van der Waals surface area contributed by atoms with Crippen LogP contribution in [0.5, 0.6) is 0 Å². The van der Waals surface area contributed by atoms with Crippen LogP contribution in [0.4, 0.5) is 4.79 Å². The molecule has 20 heavy (non-hydrogen) atoms. The van der Waals surface area contributed by atoms with Crippen LogP contribution in [0.1, 0.15) is 53.4 Å². The molecule has 1 saturated heterocycles. The van der Waals surface area contributed by atoms with Crippen molar-refractivity contribution in [2.24, 2.45) is 0 Å². The first-order valence-electron chi connectivity index (χ1n) is 7.37. The van der Waals surface area contributed by atoms with Gasteiger partial charge < -0.3 is 14.4 Å². The zero-order chi connectivity index (χ0) is 15.2. The average molecular weight is 281 g/mol. The number of carbonyl (C=O) groups is 1. The fraction of sp³-hybridized carbons (Fsp3) is 0.812. The van der Waals surface area contributed by atoms with Crippen molar-refractivity contribution in [1.29, 1.82) is 0 Å². The molecule has 0 aromatic rings. The van der Waals surface area contributed by atoms with E-state index in [9.17, 15) is 4.79 Å². The quantitative estimate of drug-likeness (QED) is 0.587. The largest absolute Gasteiger partial charge is 0.444 e. The second kappa shape index (κ2) is 6.99. The summed E-state index contributed by atoms with van der Waals surface area (Å²) in [5.41, 5.74) is -0.736. The Bertz CT molecular complexity index is 367. The van der Waals surface area contributed by atoms with E-state index in [0.29, 0.717) is 19.6 Å². The first-order valence-corrected chi connectivity index (χ1v) is 7.37. The Morgan fingerprint density at radius 3 is 2.70 bits per heavy atom. The molecule has 0 aliphatic carbocycles. The number of piperidine rings is 1. The minimum absolute atomic E-state index is 0.254. The van der Waals surface area contributed by atoms with Crippen LogP contribution in [0.25, 0.3) is 0 Å². The monoisotopic (exact) mass is 281 g/mol. The van der Waals surface area contributed by atoms with Gasteiger partial charge >= 0.3 is 6.09 Å². The van der Waals surface area contributed by atoms with Crippen molar-refractivity contribution in [3.8, 4) is 12.3 Å². The Hall–Kier alpha value is -1.21. The number of amides is 1. The Morgan fingerprint density at radius 2 is 2.15 bits per heavy atom. The first-order chi connectivity index (χ1) is 9.32. The van der Waals surface area contributed by atoms with Gasteiger partial charge in [0.15, 0.2) is 0 Å². The number of likely N-dealkylation sites (tertiary alicyclic amines) is 1. The average Bonchev–Trinajstić information content (AvgIpc) is 2.37. The smallest absolute Gasteiger partial charge is 0.410 e. The zero-order valence-electron chi connectivity index (χ0n) is 13.2. The van der Waals surface area contributed by atoms with Crippen molar-refractivity contribution in [2.45, 2.75) is 64.6 Å². The van der Waals surface area contributed by atoms with Gasteiger partial charge in [0.05, 0.1) is 18.8 Å². The van der Waals surface area contributed by atoms with Gasteiger partial charge in [-0.1, -0.05) is 6.92 Å². The van der Waals surface area contributed by atoms with Crippen molar-refractivity contribution in [2.75, 3.05) is 19.7 Å². The van der Waals surface area contributed by atoms with Crippen molar-refractivity contribution < 1.29 is 14.3 Å². The van der Waals surface area contributed by atoms with E-state index < -0.39 is 5.60 Å². The molecule has 114 valence electrons. The number of rotatable bonds is 4. The highest BCUT2D eigenvalue weighted by atomic mass is 16.6. The maximum atomic E-state index is 12.2. The summed E-state index contributed by atoms with van der Waals surface area (Å²) in [5.74, 6) is 2.58. The number of hydrogen-bond acceptors (Lipinski definition) is 3. The summed E-state index contributed by atoms with van der Waals surface area (Å²) in [7, 11) is 0. The van der Waals surface area contributed by atoms with E-state index in [-0.39, 0.29) is 11.7 Å². The van der Waals surface area contributed by atoms with E-state index in [0.717, 1.165) is 25.8 Å². The third-order valence-electron chi connectivity index (χ3n) is 3.49. The van der Waals surface area contributed by atoms with E-state index in [1.54, 1.807) is 4.90 Å². The van der Waals surface area contributed by atoms with E-state index in [2.05, 4.69) is 12.8 Å². The highest BCUT2D eigenvalue weighted by Crippen LogP contribution is 2.29. The lowest BCUT2D eigenvalue weighted by Crippen LogP contribution is -2.52. The van der Waals surface area contributed by atoms with Crippen LogP contribution in [-0.4, -0.2) is 41.9 Å². The molecule has 0 spiro atoms. The summed E-state index contributed by atoms with van der Waals surface area (Å²) in [6, 6.07) is 0. The van der Waals surface area contributed by atoms with Gasteiger partial charge in [0, 0.05) is 13.0 Å². The van der Waals surface area contributed by atoms with Gasteiger partial charge in [-0.15, -0.1) is 12.3 Å². The predicted molar refractivity (Wildman–Crippen MR) is 79.5 cm³/mol. The number of terminal acetylenes is 1. The van der Waals surface area contributed by atoms with E-state index >= 15 is 0 Å². The summed E-state index contributed by atoms with van der Waals surface area (Å²) in [4.78, 5) is 13.9. The summed E-state index contributed by atoms with van der Waals surface area (Å²) in [5, 5.41) is 0. The number of hydrogen-bond donors (Lipinski definition) is 0. The standard InChI is InChI=1S/C16H27NO3/c1-6-8-12-19-16(7-2)10-9-11-17(13-16)14(18)20-15(3,4)5/h1H,7-13H2,2-5H3. The zero-order valence-corrected chi connectivity index (χ0v) is 13.2. The third-order valence-corrected chi connectivity index (χ3v) is 3.49. The van der Waals surface area contributed by atoms with Gasteiger partial charge in [-0.25, -0.2) is 4.79 Å². The summed E-state index contributed by atoms with van der Waals surface area (Å²) in [6.07, 6.45) is 8.38. The molecular formula is C16H27NO3. The lowest BCUT2D eigenvalue weighted by atomic mass is 9.90. The molecule has 1 unspecified atom stereocenters. The first kappa shape index (κ1) is 16.8. The summed E-state index contributed by atoms with van der Waals surface area (Å²) < 4.78 is 11.4. The topological polar surface area (TPSA) is 38.8 Å². The van der Waals surface area contributed by atoms with Gasteiger partial charge in [-0.2, -0.15) is 0 Å². The molecule has 4 heteroatoms. The Balaban J connectivity index is 2.63. The van der Waals surface area contributed by atoms with E-state index in [1.165, 1.54) is 0 Å². The van der Waals surface area contributed by atoms with Gasteiger partial charge in [0.25, 0.3) is 0 Å². The summed E-state index contributed by atoms with van der Waals surface area (Å²) in [6.45, 7) is 9.60. The number of nitrogens with zero attached hydrogens (tertiary/aromatic N) is 1. The Labute approximate surface area is 122 Å². The van der Waals surface area contributed by atoms with Gasteiger partial charge in [-0.3, -0.25) is 0 Å². The molecule has 0 saturated carbocycles. The minimum Gasteiger partial charge on any atom is -0.444 e. The molecule has 0 bridgehead atoms. The molecule has 1 aliphatic rings. The van der Waals surface area contributed by atoms with Crippen molar-refractivity contribution >= 4 is 6.09 Å². The molecular weight excluding hydrogens is 254 g/mol. The predicted octanol–water partition coefficient (Wildman–Crippen LogP) is 3.21. The highest BCUT2D eigenvalue weighted by Gasteiger charge is 2.37. The van der Waals surface area contributed by atoms with Crippen molar-refractivity contribution in [3.63, 3.8) is 0 Å². The molecule has 1 atom stereocenters. The maximum absolute atomic E-state index is 12.2. The van der Waals surface area contributed by atoms with E-state index in [1.807, 2.05) is 20.8 Å². The molecule has 1 fully saturated rings. The normalized spacial score (nSPS) is 23.2. The van der Waals surface area contributed by atoms with Crippen LogP contribution in [0.3, 0.4) is 0 Å². The molecule has 4 nitrogen and oxygen atoms in total. The fourth-order valence-electron chi connectivity index (χ4n) is 2.42. The van der Waals surface area contributed by atoms with Gasteiger partial charge in [0.2, 0.25) is 0 Å². The Kier molecular flexibility index (Phi) is 5.88. The van der Waals surface area contributed by atoms with Crippen LogP contribution in [0.15, 0.2) is 0 Å².